The van der Waals surface area contributed by atoms with Crippen LogP contribution in [-0.4, -0.2) is 60.8 Å². The second-order valence-corrected chi connectivity index (χ2v) is 5.64. The van der Waals surface area contributed by atoms with Gasteiger partial charge in [0.15, 0.2) is 0 Å². The Kier molecular flexibility index (Phi) is 6.37. The minimum absolute atomic E-state index is 0.0124. The highest BCUT2D eigenvalue weighted by atomic mass is 16.5. The van der Waals surface area contributed by atoms with Crippen LogP contribution < -0.4 is 10.6 Å². The molecule has 0 saturated heterocycles. The van der Waals surface area contributed by atoms with Crippen molar-refractivity contribution >= 4 is 22.8 Å². The number of anilines is 1. The van der Waals surface area contributed by atoms with Gasteiger partial charge in [-0.3, -0.25) is 0 Å². The van der Waals surface area contributed by atoms with E-state index in [2.05, 4.69) is 25.5 Å². The van der Waals surface area contributed by atoms with Crippen molar-refractivity contribution in [3.63, 3.8) is 0 Å². The molecule has 0 spiro atoms. The van der Waals surface area contributed by atoms with Gasteiger partial charge in [0.25, 0.3) is 0 Å². The van der Waals surface area contributed by atoms with Crippen LogP contribution in [0.3, 0.4) is 0 Å². The van der Waals surface area contributed by atoms with Gasteiger partial charge in [-0.15, -0.1) is 0 Å². The summed E-state index contributed by atoms with van der Waals surface area (Å²) in [6.45, 7) is 3.99. The summed E-state index contributed by atoms with van der Waals surface area (Å²) in [6.07, 6.45) is 4.33. The average molecular weight is 319 g/mol. The lowest BCUT2D eigenvalue weighted by molar-refractivity contribution is 0.0538. The molecule has 2 aromatic heterocycles. The third kappa shape index (κ3) is 5.54. The molecule has 3 N–H and O–H groups in total. The normalized spacial score (nSPS) is 12.5. The van der Waals surface area contributed by atoms with Gasteiger partial charge in [0, 0.05) is 31.3 Å². The fraction of sp³-hybridized carbons (Fsp3) is 0.500. The summed E-state index contributed by atoms with van der Waals surface area (Å²) in [5, 5.41) is 6.61. The molecule has 2 heterocycles. The van der Waals surface area contributed by atoms with Crippen LogP contribution in [0.4, 0.5) is 10.5 Å². The Hall–Kier alpha value is -2.12. The van der Waals surface area contributed by atoms with Crippen molar-refractivity contribution in [2.24, 2.45) is 0 Å². The van der Waals surface area contributed by atoms with Gasteiger partial charge in [-0.05, 0) is 39.6 Å². The predicted molar refractivity (Wildman–Crippen MR) is 91.7 cm³/mol. The number of hydrogen-bond acceptors (Lipinski definition) is 4. The zero-order valence-electron chi connectivity index (χ0n) is 13.9. The first-order valence-corrected chi connectivity index (χ1v) is 7.82. The third-order valence-corrected chi connectivity index (χ3v) is 3.45. The number of aromatic nitrogens is 2. The number of urea groups is 1. The minimum Gasteiger partial charge on any atom is -0.377 e. The van der Waals surface area contributed by atoms with Crippen LogP contribution in [0.5, 0.6) is 0 Å². The SMILES string of the molecule is CCOC(CCN(C)C)CNC(=O)Nc1cnc2[nH]ccc2c1. The van der Waals surface area contributed by atoms with Gasteiger partial charge in [-0.1, -0.05) is 0 Å². The molecule has 0 aliphatic carbocycles. The first kappa shape index (κ1) is 17.2. The van der Waals surface area contributed by atoms with Gasteiger partial charge in [0.05, 0.1) is 18.0 Å². The van der Waals surface area contributed by atoms with E-state index in [9.17, 15) is 4.79 Å². The van der Waals surface area contributed by atoms with E-state index >= 15 is 0 Å². The molecule has 7 nitrogen and oxygen atoms in total. The van der Waals surface area contributed by atoms with E-state index in [1.165, 1.54) is 0 Å². The maximum absolute atomic E-state index is 12.0. The van der Waals surface area contributed by atoms with Crippen molar-refractivity contribution in [3.05, 3.63) is 24.5 Å². The van der Waals surface area contributed by atoms with E-state index in [-0.39, 0.29) is 12.1 Å². The minimum atomic E-state index is -0.253. The van der Waals surface area contributed by atoms with Crippen LogP contribution >= 0.6 is 0 Å². The molecule has 0 radical (unpaired) electrons. The first-order valence-electron chi connectivity index (χ1n) is 7.82. The number of pyridine rings is 1. The predicted octanol–water partition coefficient (Wildman–Crippen LogP) is 2.04. The summed E-state index contributed by atoms with van der Waals surface area (Å²) in [5.74, 6) is 0. The second-order valence-electron chi connectivity index (χ2n) is 5.64. The summed E-state index contributed by atoms with van der Waals surface area (Å²) < 4.78 is 5.65. The molecule has 0 fully saturated rings. The lowest BCUT2D eigenvalue weighted by Gasteiger charge is -2.20. The van der Waals surface area contributed by atoms with Gasteiger partial charge >= 0.3 is 6.03 Å². The molecule has 0 saturated carbocycles. The molecule has 1 unspecified atom stereocenters. The summed E-state index contributed by atoms with van der Waals surface area (Å²) in [6, 6.07) is 3.54. The number of nitrogens with zero attached hydrogens (tertiary/aromatic N) is 2. The molecule has 1 atom stereocenters. The average Bonchev–Trinajstić information content (AvgIpc) is 2.97. The van der Waals surface area contributed by atoms with Crippen molar-refractivity contribution in [1.29, 1.82) is 0 Å². The maximum atomic E-state index is 12.0. The monoisotopic (exact) mass is 319 g/mol. The molecule has 2 aromatic rings. The molecule has 0 aromatic carbocycles. The Balaban J connectivity index is 1.82. The number of H-pyrrole nitrogens is 1. The van der Waals surface area contributed by atoms with Crippen molar-refractivity contribution in [2.75, 3.05) is 39.1 Å². The number of carbonyl (C=O) groups is 1. The molecule has 2 rings (SSSR count). The van der Waals surface area contributed by atoms with Crippen molar-refractivity contribution in [1.82, 2.24) is 20.2 Å². The number of aromatic amines is 1. The molecule has 0 bridgehead atoms. The number of hydrogen-bond donors (Lipinski definition) is 3. The maximum Gasteiger partial charge on any atom is 0.319 e. The smallest absolute Gasteiger partial charge is 0.319 e. The van der Waals surface area contributed by atoms with E-state index in [4.69, 9.17) is 4.74 Å². The molecule has 0 aliphatic heterocycles. The second kappa shape index (κ2) is 8.50. The number of amides is 2. The summed E-state index contributed by atoms with van der Waals surface area (Å²) in [5.41, 5.74) is 1.46. The Morgan fingerprint density at radius 3 is 3.04 bits per heavy atom. The summed E-state index contributed by atoms with van der Waals surface area (Å²) >= 11 is 0. The highest BCUT2D eigenvalue weighted by molar-refractivity contribution is 5.91. The summed E-state index contributed by atoms with van der Waals surface area (Å²) in [7, 11) is 4.04. The Labute approximate surface area is 136 Å². The fourth-order valence-corrected chi connectivity index (χ4v) is 2.27. The number of rotatable bonds is 8. The standard InChI is InChI=1S/C16H25N5O2/c1-4-23-14(6-8-21(2)3)11-19-16(22)20-13-9-12-5-7-17-15(12)18-10-13/h5,7,9-10,14H,4,6,8,11H2,1-3H3,(H,17,18)(H2,19,20,22). The number of ether oxygens (including phenoxy) is 1. The van der Waals surface area contributed by atoms with Crippen LogP contribution in [-0.2, 0) is 4.74 Å². The third-order valence-electron chi connectivity index (χ3n) is 3.45. The van der Waals surface area contributed by atoms with E-state index in [1.54, 1.807) is 6.20 Å². The number of carbonyl (C=O) groups excluding carboxylic acids is 1. The lowest BCUT2D eigenvalue weighted by Crippen LogP contribution is -2.37. The van der Waals surface area contributed by atoms with E-state index in [0.717, 1.165) is 24.0 Å². The molecule has 0 aliphatic rings. The zero-order chi connectivity index (χ0) is 16.7. The number of nitrogens with one attached hydrogen (secondary N) is 3. The molecule has 2 amide bonds. The summed E-state index contributed by atoms with van der Waals surface area (Å²) in [4.78, 5) is 21.4. The first-order chi connectivity index (χ1) is 11.1. The fourth-order valence-electron chi connectivity index (χ4n) is 2.27. The molecule has 7 heteroatoms. The Morgan fingerprint density at radius 1 is 1.48 bits per heavy atom. The van der Waals surface area contributed by atoms with Crippen LogP contribution in [0.1, 0.15) is 13.3 Å². The number of fused-ring (bicyclic) bond motifs is 1. The lowest BCUT2D eigenvalue weighted by atomic mass is 10.2. The van der Waals surface area contributed by atoms with Gasteiger partial charge in [0.2, 0.25) is 0 Å². The van der Waals surface area contributed by atoms with Gasteiger partial charge in [-0.25, -0.2) is 9.78 Å². The Morgan fingerprint density at radius 2 is 2.30 bits per heavy atom. The van der Waals surface area contributed by atoms with Crippen molar-refractivity contribution in [3.8, 4) is 0 Å². The van der Waals surface area contributed by atoms with Gasteiger partial charge in [0.1, 0.15) is 5.65 Å². The van der Waals surface area contributed by atoms with Crippen LogP contribution in [0.2, 0.25) is 0 Å². The quantitative estimate of drug-likeness (QED) is 0.695. The van der Waals surface area contributed by atoms with Crippen molar-refractivity contribution in [2.45, 2.75) is 19.4 Å². The van der Waals surface area contributed by atoms with Crippen LogP contribution in [0, 0.1) is 0 Å². The zero-order valence-corrected chi connectivity index (χ0v) is 13.9. The molecule has 126 valence electrons. The van der Waals surface area contributed by atoms with Crippen LogP contribution in [0.15, 0.2) is 24.5 Å². The van der Waals surface area contributed by atoms with E-state index in [1.807, 2.05) is 39.3 Å². The highest BCUT2D eigenvalue weighted by Gasteiger charge is 2.11. The van der Waals surface area contributed by atoms with E-state index in [0.29, 0.717) is 18.8 Å². The topological polar surface area (TPSA) is 82.3 Å². The highest BCUT2D eigenvalue weighted by Crippen LogP contribution is 2.14. The van der Waals surface area contributed by atoms with Gasteiger partial charge in [-0.2, -0.15) is 0 Å². The molecule has 23 heavy (non-hydrogen) atoms. The largest absolute Gasteiger partial charge is 0.377 e. The molecular formula is C16H25N5O2. The van der Waals surface area contributed by atoms with Crippen molar-refractivity contribution < 1.29 is 9.53 Å². The Bertz CT molecular complexity index is 626. The molecular weight excluding hydrogens is 294 g/mol. The van der Waals surface area contributed by atoms with Gasteiger partial charge < -0.3 is 25.3 Å². The van der Waals surface area contributed by atoms with E-state index < -0.39 is 0 Å². The van der Waals surface area contributed by atoms with Crippen LogP contribution in [0.25, 0.3) is 11.0 Å².